The molecule has 4 rings (SSSR count). The summed E-state index contributed by atoms with van der Waals surface area (Å²) in [7, 11) is 0. The molecule has 0 radical (unpaired) electrons. The van der Waals surface area contributed by atoms with Crippen LogP contribution in [0.25, 0.3) is 10.9 Å². The largest absolute Gasteiger partial charge is 0.452 e. The van der Waals surface area contributed by atoms with E-state index in [2.05, 4.69) is 10.3 Å². The van der Waals surface area contributed by atoms with Gasteiger partial charge in [0.25, 0.3) is 5.91 Å². The molecule has 154 valence electrons. The number of benzene rings is 2. The van der Waals surface area contributed by atoms with Crippen LogP contribution in [0.15, 0.2) is 54.7 Å². The van der Waals surface area contributed by atoms with Gasteiger partial charge in [-0.1, -0.05) is 18.2 Å². The Bertz CT molecular complexity index is 1070. The first-order valence-electron chi connectivity index (χ1n) is 10.0. The lowest BCUT2D eigenvalue weighted by atomic mass is 10.1. The second-order valence-corrected chi connectivity index (χ2v) is 7.23. The summed E-state index contributed by atoms with van der Waals surface area (Å²) in [5.74, 6) is -0.821. The minimum Gasteiger partial charge on any atom is -0.452 e. The third kappa shape index (κ3) is 4.35. The van der Waals surface area contributed by atoms with Crippen LogP contribution >= 0.6 is 0 Å². The number of fused-ring (bicyclic) bond motifs is 1. The van der Waals surface area contributed by atoms with E-state index in [0.29, 0.717) is 31.5 Å². The highest BCUT2D eigenvalue weighted by Crippen LogP contribution is 2.22. The molecule has 1 aliphatic rings. The second kappa shape index (κ2) is 8.82. The molecule has 1 saturated heterocycles. The fourth-order valence-electron chi connectivity index (χ4n) is 3.64. The van der Waals surface area contributed by atoms with Crippen LogP contribution in [0.4, 0.5) is 5.69 Å². The molecule has 2 heterocycles. The maximum atomic E-state index is 12.2. The molecular weight excluding hydrogens is 382 g/mol. The summed E-state index contributed by atoms with van der Waals surface area (Å²) in [6.45, 7) is 0.817. The first kappa shape index (κ1) is 19.7. The molecule has 0 atom stereocenters. The molecule has 3 aromatic rings. The van der Waals surface area contributed by atoms with Gasteiger partial charge in [0, 0.05) is 42.3 Å². The lowest BCUT2D eigenvalue weighted by Crippen LogP contribution is -2.30. The van der Waals surface area contributed by atoms with Crippen LogP contribution in [0.5, 0.6) is 0 Å². The maximum absolute atomic E-state index is 12.2. The van der Waals surface area contributed by atoms with Crippen molar-refractivity contribution in [3.8, 4) is 0 Å². The van der Waals surface area contributed by atoms with Crippen molar-refractivity contribution in [3.05, 3.63) is 65.9 Å². The first-order valence-corrected chi connectivity index (χ1v) is 10.0. The Morgan fingerprint density at radius 3 is 2.67 bits per heavy atom. The highest BCUT2D eigenvalue weighted by molar-refractivity contribution is 5.96. The van der Waals surface area contributed by atoms with Gasteiger partial charge in [-0.3, -0.25) is 9.59 Å². The summed E-state index contributed by atoms with van der Waals surface area (Å²) < 4.78 is 5.10. The summed E-state index contributed by atoms with van der Waals surface area (Å²) in [6, 6.07) is 14.7. The normalized spacial score (nSPS) is 13.6. The van der Waals surface area contributed by atoms with E-state index in [9.17, 15) is 14.4 Å². The second-order valence-electron chi connectivity index (χ2n) is 7.23. The van der Waals surface area contributed by atoms with E-state index in [1.165, 1.54) is 0 Å². The molecule has 1 aromatic heterocycles. The number of aromatic nitrogens is 1. The number of anilines is 1. The zero-order valence-electron chi connectivity index (χ0n) is 16.5. The van der Waals surface area contributed by atoms with Crippen molar-refractivity contribution in [2.75, 3.05) is 24.6 Å². The lowest BCUT2D eigenvalue weighted by Gasteiger charge is -2.15. The minimum atomic E-state index is -0.568. The number of aromatic amines is 1. The SMILES string of the molecule is O=C(COC(=O)c1ccc(N2CCCC2=O)cc1)NCCc1c[nH]c2ccccc12. The number of amides is 2. The number of nitrogens with one attached hydrogen (secondary N) is 2. The van der Waals surface area contributed by atoms with Crippen LogP contribution in [-0.2, 0) is 20.7 Å². The Labute approximate surface area is 174 Å². The predicted molar refractivity (Wildman–Crippen MR) is 113 cm³/mol. The minimum absolute atomic E-state index is 0.0923. The standard InChI is InChI=1S/C23H23N3O4/c27-21(24-12-11-17-14-25-20-5-2-1-4-19(17)20)15-30-23(29)16-7-9-18(10-8-16)26-13-3-6-22(26)28/h1-2,4-5,7-10,14,25H,3,6,11-13,15H2,(H,24,27). The van der Waals surface area contributed by atoms with E-state index in [1.807, 2.05) is 30.5 Å². The molecule has 7 nitrogen and oxygen atoms in total. The molecule has 0 spiro atoms. The molecule has 2 amide bonds. The van der Waals surface area contributed by atoms with Gasteiger partial charge in [-0.05, 0) is 48.7 Å². The molecule has 1 fully saturated rings. The van der Waals surface area contributed by atoms with Crippen LogP contribution in [0, 0.1) is 0 Å². The maximum Gasteiger partial charge on any atom is 0.338 e. The van der Waals surface area contributed by atoms with Gasteiger partial charge in [-0.25, -0.2) is 4.79 Å². The number of ether oxygens (including phenoxy) is 1. The molecule has 7 heteroatoms. The van der Waals surface area contributed by atoms with E-state index < -0.39 is 5.97 Å². The van der Waals surface area contributed by atoms with Gasteiger partial charge in [0.2, 0.25) is 5.91 Å². The summed E-state index contributed by atoms with van der Waals surface area (Å²) in [6.07, 6.45) is 4.02. The van der Waals surface area contributed by atoms with E-state index in [4.69, 9.17) is 4.74 Å². The summed E-state index contributed by atoms with van der Waals surface area (Å²) in [5.41, 5.74) is 3.30. The topological polar surface area (TPSA) is 91.5 Å². The van der Waals surface area contributed by atoms with Crippen molar-refractivity contribution in [1.82, 2.24) is 10.3 Å². The van der Waals surface area contributed by atoms with Gasteiger partial charge >= 0.3 is 5.97 Å². The van der Waals surface area contributed by atoms with Crippen molar-refractivity contribution in [2.45, 2.75) is 19.3 Å². The molecular formula is C23H23N3O4. The Kier molecular flexibility index (Phi) is 5.79. The average molecular weight is 405 g/mol. The number of carbonyl (C=O) groups excluding carboxylic acids is 3. The van der Waals surface area contributed by atoms with Gasteiger partial charge in [0.1, 0.15) is 0 Å². The third-order valence-corrected chi connectivity index (χ3v) is 5.21. The van der Waals surface area contributed by atoms with Gasteiger partial charge in [-0.15, -0.1) is 0 Å². The third-order valence-electron chi connectivity index (χ3n) is 5.21. The number of rotatable bonds is 7. The molecule has 1 aliphatic heterocycles. The number of esters is 1. The molecule has 2 N–H and O–H groups in total. The molecule has 2 aromatic carbocycles. The molecule has 30 heavy (non-hydrogen) atoms. The average Bonchev–Trinajstić information content (AvgIpc) is 3.38. The Morgan fingerprint density at radius 1 is 1.10 bits per heavy atom. The molecule has 0 aliphatic carbocycles. The zero-order chi connectivity index (χ0) is 20.9. The fourth-order valence-corrected chi connectivity index (χ4v) is 3.64. The van der Waals surface area contributed by atoms with Crippen molar-refractivity contribution >= 4 is 34.4 Å². The van der Waals surface area contributed by atoms with E-state index in [0.717, 1.165) is 28.6 Å². The van der Waals surface area contributed by atoms with Gasteiger partial charge in [0.15, 0.2) is 6.61 Å². The first-order chi connectivity index (χ1) is 14.6. The monoisotopic (exact) mass is 405 g/mol. The van der Waals surface area contributed by atoms with E-state index in [1.54, 1.807) is 29.2 Å². The van der Waals surface area contributed by atoms with Gasteiger partial charge < -0.3 is 19.9 Å². The predicted octanol–water partition coefficient (Wildman–Crippen LogP) is 2.81. The smallest absolute Gasteiger partial charge is 0.338 e. The number of para-hydroxylation sites is 1. The van der Waals surface area contributed by atoms with Crippen LogP contribution in [0.2, 0.25) is 0 Å². The van der Waals surface area contributed by atoms with Crippen molar-refractivity contribution in [3.63, 3.8) is 0 Å². The molecule has 0 unspecified atom stereocenters. The van der Waals surface area contributed by atoms with Gasteiger partial charge in [0.05, 0.1) is 5.56 Å². The lowest BCUT2D eigenvalue weighted by molar-refractivity contribution is -0.124. The van der Waals surface area contributed by atoms with Crippen LogP contribution < -0.4 is 10.2 Å². The number of H-pyrrole nitrogens is 1. The van der Waals surface area contributed by atoms with Crippen LogP contribution in [0.3, 0.4) is 0 Å². The van der Waals surface area contributed by atoms with Crippen molar-refractivity contribution in [1.29, 1.82) is 0 Å². The van der Waals surface area contributed by atoms with Crippen LogP contribution in [-0.4, -0.2) is 42.5 Å². The molecule has 0 bridgehead atoms. The number of carbonyl (C=O) groups is 3. The highest BCUT2D eigenvalue weighted by atomic mass is 16.5. The number of hydrogen-bond acceptors (Lipinski definition) is 4. The Morgan fingerprint density at radius 2 is 1.90 bits per heavy atom. The number of nitrogens with zero attached hydrogens (tertiary/aromatic N) is 1. The summed E-state index contributed by atoms with van der Waals surface area (Å²) in [5, 5.41) is 3.91. The van der Waals surface area contributed by atoms with Gasteiger partial charge in [-0.2, -0.15) is 0 Å². The van der Waals surface area contributed by atoms with Crippen molar-refractivity contribution in [2.24, 2.45) is 0 Å². The van der Waals surface area contributed by atoms with Crippen molar-refractivity contribution < 1.29 is 19.1 Å². The Balaban J connectivity index is 1.22. The fraction of sp³-hybridized carbons (Fsp3) is 0.261. The highest BCUT2D eigenvalue weighted by Gasteiger charge is 2.21. The zero-order valence-corrected chi connectivity index (χ0v) is 16.5. The number of hydrogen-bond donors (Lipinski definition) is 2. The summed E-state index contributed by atoms with van der Waals surface area (Å²) >= 11 is 0. The molecule has 0 saturated carbocycles. The Hall–Kier alpha value is -3.61. The quantitative estimate of drug-likeness (QED) is 0.592. The van der Waals surface area contributed by atoms with E-state index in [-0.39, 0.29) is 18.4 Å². The summed E-state index contributed by atoms with van der Waals surface area (Å²) in [4.78, 5) is 40.9. The van der Waals surface area contributed by atoms with E-state index >= 15 is 0 Å². The van der Waals surface area contributed by atoms with Crippen LogP contribution in [0.1, 0.15) is 28.8 Å².